The Hall–Kier alpha value is -5.22. The van der Waals surface area contributed by atoms with E-state index in [4.69, 9.17) is 42.1 Å². The first kappa shape index (κ1) is 35.2. The molecule has 0 bridgehead atoms. The molecule has 1 aliphatic carbocycles. The van der Waals surface area contributed by atoms with Crippen molar-refractivity contribution in [1.82, 2.24) is 28.4 Å². The molecular formula is C34H34Cl2N6O10. The number of benzene rings is 2. The summed E-state index contributed by atoms with van der Waals surface area (Å²) in [5, 5.41) is 10.4. The number of rotatable bonds is 8. The number of nitrogens with zero attached hydrogens (tertiary/aromatic N) is 6. The summed E-state index contributed by atoms with van der Waals surface area (Å²) in [6.45, 7) is -0.313. The van der Waals surface area contributed by atoms with E-state index in [1.807, 2.05) is 0 Å². The highest BCUT2D eigenvalue weighted by atomic mass is 35.5. The zero-order valence-electron chi connectivity index (χ0n) is 28.9. The van der Waals surface area contributed by atoms with Crippen LogP contribution in [-0.4, -0.2) is 90.5 Å². The predicted octanol–water partition coefficient (Wildman–Crippen LogP) is 1.66. The smallest absolute Gasteiger partial charge is 0.347 e. The van der Waals surface area contributed by atoms with Crippen LogP contribution in [0.25, 0.3) is 11.0 Å². The minimum atomic E-state index is -2.12. The number of phenolic OH excluding ortho intramolecular Hbond substituents is 1. The van der Waals surface area contributed by atoms with Crippen molar-refractivity contribution in [3.63, 3.8) is 0 Å². The maximum atomic E-state index is 14.3. The fraction of sp³-hybridized carbons (Fsp3) is 0.412. The van der Waals surface area contributed by atoms with Crippen molar-refractivity contribution in [1.29, 1.82) is 0 Å². The number of aromatic nitrogens is 5. The lowest BCUT2D eigenvalue weighted by molar-refractivity contribution is -0.137. The molecule has 4 aromatic rings. The van der Waals surface area contributed by atoms with Crippen LogP contribution in [0.5, 0.6) is 28.7 Å². The van der Waals surface area contributed by atoms with Gasteiger partial charge in [-0.15, -0.1) is 23.2 Å². The fourth-order valence-corrected chi connectivity index (χ4v) is 8.84. The molecule has 2 aliphatic heterocycles. The van der Waals surface area contributed by atoms with Gasteiger partial charge in [0, 0.05) is 69.2 Å². The second-order valence-electron chi connectivity index (χ2n) is 12.8. The van der Waals surface area contributed by atoms with Gasteiger partial charge < -0.3 is 28.6 Å². The largest absolute Gasteiger partial charge is 0.508 e. The zero-order chi connectivity index (χ0) is 37.6. The second-order valence-corrected chi connectivity index (χ2v) is 14.1. The Bertz CT molecular complexity index is 2410. The lowest BCUT2D eigenvalue weighted by Gasteiger charge is -2.49. The lowest BCUT2D eigenvalue weighted by atomic mass is 9.64. The van der Waals surface area contributed by atoms with E-state index in [2.05, 4.69) is 4.98 Å². The molecule has 4 atom stereocenters. The summed E-state index contributed by atoms with van der Waals surface area (Å²) in [5.74, 6) is -1.98. The third kappa shape index (κ3) is 4.59. The normalized spacial score (nSPS) is 23.6. The first-order chi connectivity index (χ1) is 24.7. The van der Waals surface area contributed by atoms with Crippen LogP contribution in [0, 0.1) is 0 Å². The number of aryl methyl sites for hydroxylation is 2. The molecule has 1 saturated carbocycles. The summed E-state index contributed by atoms with van der Waals surface area (Å²) in [7, 11) is 8.51. The van der Waals surface area contributed by atoms with Crippen molar-refractivity contribution >= 4 is 46.0 Å². The fourth-order valence-electron chi connectivity index (χ4n) is 7.86. The molecule has 0 radical (unpaired) electrons. The van der Waals surface area contributed by atoms with Gasteiger partial charge in [0.1, 0.15) is 22.9 Å². The van der Waals surface area contributed by atoms with Crippen molar-refractivity contribution in [2.75, 3.05) is 35.5 Å². The summed E-state index contributed by atoms with van der Waals surface area (Å²) in [6, 6.07) is 4.84. The van der Waals surface area contributed by atoms with Gasteiger partial charge in [-0.1, -0.05) is 6.08 Å². The Labute approximate surface area is 304 Å². The maximum Gasteiger partial charge on any atom is 0.347 e. The third-order valence-corrected chi connectivity index (χ3v) is 11.8. The standard InChI is InChI=1S/C34H34Cl2N6O10/c1-38-20-14-23(50-4)22(49-3)13-19(20)37-18(28(38)44)8-9-40-31(47)41-10-7-17-21(42(41)32(40)48)15-33(35)29(45)39(2)30(46)34(33,36)27(17)26-24(51-5)11-16(43)12-25(26)52-6/h7,11-14,21,27,43H,8-10,15H2,1-6H3/t21-,27-,33-,34+/m1/s1. The number of amides is 2. The quantitative estimate of drug-likeness (QED) is 0.157. The number of phenols is 1. The van der Waals surface area contributed by atoms with Crippen molar-refractivity contribution in [2.45, 2.75) is 47.6 Å². The molecule has 16 nitrogen and oxygen atoms in total. The SMILES string of the molecule is COc1cc2nc(CCn3c(=O)n4n(c3=O)[C@@H]3C[C@@]5(Cl)C(=O)N(C)C(=O)[C@@]5(Cl)[C@@H](c5c(OC)cc(O)cc5OC)C3=CC4)c(=O)n(C)c2cc1OC. The minimum absolute atomic E-state index is 0.0758. The van der Waals surface area contributed by atoms with Crippen LogP contribution in [0.15, 0.2) is 50.3 Å². The van der Waals surface area contributed by atoms with Gasteiger partial charge in [-0.25, -0.2) is 28.5 Å². The Morgan fingerprint density at radius 2 is 1.48 bits per heavy atom. The summed E-state index contributed by atoms with van der Waals surface area (Å²) in [4.78, 5) is 70.4. The van der Waals surface area contributed by atoms with E-state index < -0.39 is 50.5 Å². The Morgan fingerprint density at radius 1 is 0.865 bits per heavy atom. The van der Waals surface area contributed by atoms with Crippen LogP contribution in [-0.2, 0) is 36.1 Å². The van der Waals surface area contributed by atoms with E-state index in [0.29, 0.717) is 28.1 Å². The van der Waals surface area contributed by atoms with Crippen LogP contribution in [0.1, 0.15) is 29.6 Å². The monoisotopic (exact) mass is 756 g/mol. The Kier molecular flexibility index (Phi) is 8.25. The van der Waals surface area contributed by atoms with Gasteiger partial charge in [0.2, 0.25) is 0 Å². The van der Waals surface area contributed by atoms with E-state index >= 15 is 0 Å². The number of fused-ring (bicyclic) bond motifs is 5. The molecule has 2 amide bonds. The summed E-state index contributed by atoms with van der Waals surface area (Å²) >= 11 is 14.5. The number of ether oxygens (including phenoxy) is 4. The molecule has 4 heterocycles. The van der Waals surface area contributed by atoms with Crippen LogP contribution in [0.3, 0.4) is 0 Å². The second kappa shape index (κ2) is 12.2. The first-order valence-corrected chi connectivity index (χ1v) is 16.8. The van der Waals surface area contributed by atoms with Gasteiger partial charge in [-0.05, 0) is 5.57 Å². The molecule has 1 saturated heterocycles. The number of halogens is 2. The van der Waals surface area contributed by atoms with Crippen LogP contribution in [0.4, 0.5) is 0 Å². The van der Waals surface area contributed by atoms with Crippen LogP contribution >= 0.6 is 23.2 Å². The molecule has 52 heavy (non-hydrogen) atoms. The molecule has 2 aromatic carbocycles. The van der Waals surface area contributed by atoms with Crippen molar-refractivity contribution in [2.24, 2.45) is 7.05 Å². The number of aromatic hydroxyl groups is 1. The molecule has 2 aromatic heterocycles. The molecule has 18 heteroatoms. The number of imide groups is 1. The van der Waals surface area contributed by atoms with E-state index in [1.54, 1.807) is 25.3 Å². The number of hydrogen-bond acceptors (Lipinski definition) is 11. The number of alkyl halides is 2. The highest BCUT2D eigenvalue weighted by molar-refractivity contribution is 6.53. The van der Waals surface area contributed by atoms with Crippen LogP contribution in [0.2, 0.25) is 0 Å². The maximum absolute atomic E-state index is 14.3. The van der Waals surface area contributed by atoms with Gasteiger partial charge in [0.25, 0.3) is 17.4 Å². The molecule has 274 valence electrons. The summed E-state index contributed by atoms with van der Waals surface area (Å²) in [6.07, 6.45) is 1.28. The van der Waals surface area contributed by atoms with E-state index in [9.17, 15) is 29.1 Å². The van der Waals surface area contributed by atoms with Crippen LogP contribution < -0.4 is 35.9 Å². The predicted molar refractivity (Wildman–Crippen MR) is 187 cm³/mol. The summed E-state index contributed by atoms with van der Waals surface area (Å²) < 4.78 is 26.8. The molecule has 2 fully saturated rings. The van der Waals surface area contributed by atoms with Gasteiger partial charge >= 0.3 is 11.4 Å². The van der Waals surface area contributed by atoms with Gasteiger partial charge in [-0.3, -0.25) is 19.3 Å². The zero-order valence-corrected chi connectivity index (χ0v) is 30.4. The minimum Gasteiger partial charge on any atom is -0.508 e. The number of methoxy groups -OCH3 is 4. The van der Waals surface area contributed by atoms with E-state index in [-0.39, 0.29) is 54.4 Å². The first-order valence-electron chi connectivity index (χ1n) is 16.1. The van der Waals surface area contributed by atoms with Crippen molar-refractivity contribution < 1.29 is 33.6 Å². The molecule has 0 spiro atoms. The van der Waals surface area contributed by atoms with E-state index in [1.165, 1.54) is 61.6 Å². The Morgan fingerprint density at radius 3 is 2.10 bits per heavy atom. The number of hydrogen-bond donors (Lipinski definition) is 1. The van der Waals surface area contributed by atoms with Gasteiger partial charge in [0.15, 0.2) is 21.2 Å². The molecule has 7 rings (SSSR count). The summed E-state index contributed by atoms with van der Waals surface area (Å²) in [5.41, 5.74) is -0.163. The highest BCUT2D eigenvalue weighted by Gasteiger charge is 2.75. The molecular weight excluding hydrogens is 723 g/mol. The number of carbonyl (C=O) groups is 2. The Balaban J connectivity index is 1.35. The lowest BCUT2D eigenvalue weighted by Crippen LogP contribution is -2.59. The number of carbonyl (C=O) groups excluding carboxylic acids is 2. The van der Waals surface area contributed by atoms with Crippen molar-refractivity contribution in [3.8, 4) is 28.7 Å². The van der Waals surface area contributed by atoms with Crippen molar-refractivity contribution in [3.05, 3.63) is 78.5 Å². The highest BCUT2D eigenvalue weighted by Crippen LogP contribution is 2.65. The van der Waals surface area contributed by atoms with Gasteiger partial charge in [-0.2, -0.15) is 0 Å². The molecule has 3 aliphatic rings. The number of likely N-dealkylation sites (tertiary alicyclic amines) is 1. The molecule has 0 unspecified atom stereocenters. The average molecular weight is 758 g/mol. The topological polar surface area (TPSA) is 178 Å². The van der Waals surface area contributed by atoms with Gasteiger partial charge in [0.05, 0.1) is 52.1 Å². The van der Waals surface area contributed by atoms with E-state index in [0.717, 1.165) is 9.47 Å². The average Bonchev–Trinajstić information content (AvgIpc) is 3.45. The number of allylic oxidation sites excluding steroid dienone is 2. The third-order valence-electron chi connectivity index (χ3n) is 10.4. The molecule has 1 N–H and O–H groups in total.